The molecule has 0 spiro atoms. The van der Waals surface area contributed by atoms with Gasteiger partial charge in [-0.25, -0.2) is 0 Å². The lowest BCUT2D eigenvalue weighted by Gasteiger charge is -2.35. The van der Waals surface area contributed by atoms with E-state index in [2.05, 4.69) is 10.5 Å². The third-order valence-corrected chi connectivity index (χ3v) is 6.67. The van der Waals surface area contributed by atoms with Crippen molar-refractivity contribution < 1.29 is 28.6 Å². The van der Waals surface area contributed by atoms with Crippen molar-refractivity contribution in [3.05, 3.63) is 70.1 Å². The highest BCUT2D eigenvalue weighted by atomic mass is 16.5. The van der Waals surface area contributed by atoms with E-state index >= 15 is 0 Å². The van der Waals surface area contributed by atoms with Crippen molar-refractivity contribution in [3.63, 3.8) is 0 Å². The predicted octanol–water partition coefficient (Wildman–Crippen LogP) is 4.67. The Labute approximate surface area is 197 Å². The van der Waals surface area contributed by atoms with E-state index in [1.807, 2.05) is 31.2 Å². The number of allylic oxidation sites excluding steroid dienone is 2. The molecule has 2 aliphatic rings. The van der Waals surface area contributed by atoms with Gasteiger partial charge in [0, 0.05) is 23.3 Å². The SMILES string of the molecule is COc1ccc([C@@H]2C3=C(C[C@H](c4ccc(O)cc4)CC3=O)Nc3onc(C)c32)c(OC)c1OC. The van der Waals surface area contributed by atoms with Crippen LogP contribution in [0.25, 0.3) is 0 Å². The second kappa shape index (κ2) is 8.44. The lowest BCUT2D eigenvalue weighted by Crippen LogP contribution is -2.29. The number of fused-ring (bicyclic) bond motifs is 1. The molecule has 2 aromatic carbocycles. The number of aromatic hydroxyl groups is 1. The minimum absolute atomic E-state index is 0.0159. The average Bonchev–Trinajstić information content (AvgIpc) is 3.22. The van der Waals surface area contributed by atoms with Gasteiger partial charge in [-0.15, -0.1) is 0 Å². The molecule has 0 bridgehead atoms. The van der Waals surface area contributed by atoms with Gasteiger partial charge in [-0.2, -0.15) is 0 Å². The topological polar surface area (TPSA) is 103 Å². The molecule has 3 aromatic rings. The van der Waals surface area contributed by atoms with Crippen molar-refractivity contribution in [2.45, 2.75) is 31.6 Å². The van der Waals surface area contributed by atoms with Gasteiger partial charge in [-0.05, 0) is 43.0 Å². The van der Waals surface area contributed by atoms with Gasteiger partial charge < -0.3 is 29.2 Å². The largest absolute Gasteiger partial charge is 0.508 e. The van der Waals surface area contributed by atoms with Gasteiger partial charge in [0.15, 0.2) is 17.3 Å². The van der Waals surface area contributed by atoms with Crippen LogP contribution < -0.4 is 19.5 Å². The van der Waals surface area contributed by atoms with Crippen LogP contribution in [-0.4, -0.2) is 37.4 Å². The highest BCUT2D eigenvalue weighted by Crippen LogP contribution is 2.53. The number of ketones is 1. The number of nitrogens with zero attached hydrogens (tertiary/aromatic N) is 1. The van der Waals surface area contributed by atoms with Crippen LogP contribution >= 0.6 is 0 Å². The molecule has 0 fully saturated rings. The van der Waals surface area contributed by atoms with E-state index in [4.69, 9.17) is 18.7 Å². The summed E-state index contributed by atoms with van der Waals surface area (Å²) in [5.41, 5.74) is 4.77. The molecule has 0 radical (unpaired) electrons. The average molecular weight is 463 g/mol. The maximum atomic E-state index is 13.7. The lowest BCUT2D eigenvalue weighted by molar-refractivity contribution is -0.116. The Morgan fingerprint density at radius 3 is 2.41 bits per heavy atom. The number of aryl methyl sites for hydroxylation is 1. The number of carbonyl (C=O) groups is 1. The molecular formula is C26H26N2O6. The summed E-state index contributed by atoms with van der Waals surface area (Å²) < 4.78 is 22.5. The van der Waals surface area contributed by atoms with Crippen LogP contribution in [0, 0.1) is 6.92 Å². The van der Waals surface area contributed by atoms with Gasteiger partial charge in [0.2, 0.25) is 11.6 Å². The van der Waals surface area contributed by atoms with Crippen LogP contribution in [0.2, 0.25) is 0 Å². The molecule has 1 aliphatic heterocycles. The molecule has 8 nitrogen and oxygen atoms in total. The predicted molar refractivity (Wildman–Crippen MR) is 125 cm³/mol. The fourth-order valence-electron chi connectivity index (χ4n) is 5.12. The number of anilines is 1. The molecule has 0 unspecified atom stereocenters. The second-order valence-corrected chi connectivity index (χ2v) is 8.50. The van der Waals surface area contributed by atoms with Crippen molar-refractivity contribution in [2.75, 3.05) is 26.6 Å². The number of hydrogen-bond donors (Lipinski definition) is 2. The Hall–Kier alpha value is -3.94. The Morgan fingerprint density at radius 1 is 1.00 bits per heavy atom. The number of aromatic nitrogens is 1. The minimum Gasteiger partial charge on any atom is -0.508 e. The third kappa shape index (κ3) is 3.37. The molecule has 1 aromatic heterocycles. The first kappa shape index (κ1) is 21.9. The standard InChI is InChI=1S/C26H26N2O6/c1-13-21-22(17-9-10-20(31-2)25(33-4)24(17)32-3)23-18(27-26(21)34-28-13)11-15(12-19(23)30)14-5-7-16(29)8-6-14/h5-10,15,22,27,29H,11-12H2,1-4H3/t15-,22-/m0/s1. The van der Waals surface area contributed by atoms with Crippen molar-refractivity contribution in [2.24, 2.45) is 0 Å². The fraction of sp³-hybridized carbons (Fsp3) is 0.308. The first-order chi connectivity index (χ1) is 16.5. The number of rotatable bonds is 5. The van der Waals surface area contributed by atoms with E-state index in [1.54, 1.807) is 33.5 Å². The van der Waals surface area contributed by atoms with E-state index in [1.165, 1.54) is 0 Å². The Morgan fingerprint density at radius 2 is 1.74 bits per heavy atom. The van der Waals surface area contributed by atoms with Crippen LogP contribution in [0.4, 0.5) is 5.88 Å². The summed E-state index contributed by atoms with van der Waals surface area (Å²) >= 11 is 0. The normalized spacial score (nSPS) is 19.2. The summed E-state index contributed by atoms with van der Waals surface area (Å²) in [6.45, 7) is 1.86. The summed E-state index contributed by atoms with van der Waals surface area (Å²) in [5, 5.41) is 17.2. The van der Waals surface area contributed by atoms with Crippen LogP contribution in [-0.2, 0) is 4.79 Å². The molecular weight excluding hydrogens is 436 g/mol. The Kier molecular flexibility index (Phi) is 5.43. The number of nitrogens with one attached hydrogen (secondary N) is 1. The zero-order valence-electron chi connectivity index (χ0n) is 19.5. The number of carbonyl (C=O) groups excluding carboxylic acids is 1. The van der Waals surface area contributed by atoms with Crippen LogP contribution in [0.15, 0.2) is 52.2 Å². The van der Waals surface area contributed by atoms with Gasteiger partial charge in [0.25, 0.3) is 0 Å². The van der Waals surface area contributed by atoms with Gasteiger partial charge >= 0.3 is 0 Å². The number of ether oxygens (including phenoxy) is 3. The number of phenols is 1. The van der Waals surface area contributed by atoms with Crippen molar-refractivity contribution in [3.8, 4) is 23.0 Å². The first-order valence-electron chi connectivity index (χ1n) is 11.0. The van der Waals surface area contributed by atoms with E-state index in [0.29, 0.717) is 47.2 Å². The highest BCUT2D eigenvalue weighted by molar-refractivity contribution is 6.02. The van der Waals surface area contributed by atoms with Crippen molar-refractivity contribution in [1.82, 2.24) is 5.16 Å². The molecule has 0 amide bonds. The summed E-state index contributed by atoms with van der Waals surface area (Å²) in [4.78, 5) is 13.7. The lowest BCUT2D eigenvalue weighted by atomic mass is 9.72. The molecule has 0 saturated carbocycles. The molecule has 1 aliphatic carbocycles. The number of benzene rings is 2. The summed E-state index contributed by atoms with van der Waals surface area (Å²) in [7, 11) is 4.70. The van der Waals surface area contributed by atoms with Crippen LogP contribution in [0.3, 0.4) is 0 Å². The van der Waals surface area contributed by atoms with Gasteiger partial charge in [0.05, 0.1) is 38.5 Å². The number of hydrogen-bond acceptors (Lipinski definition) is 8. The molecule has 2 heterocycles. The molecule has 2 N–H and O–H groups in total. The van der Waals surface area contributed by atoms with Crippen LogP contribution in [0.5, 0.6) is 23.0 Å². The van der Waals surface area contributed by atoms with E-state index in [-0.39, 0.29) is 17.5 Å². The zero-order chi connectivity index (χ0) is 24.0. The second-order valence-electron chi connectivity index (χ2n) is 8.50. The Balaban J connectivity index is 1.67. The minimum atomic E-state index is -0.430. The highest BCUT2D eigenvalue weighted by Gasteiger charge is 2.42. The third-order valence-electron chi connectivity index (χ3n) is 6.67. The number of Topliss-reactive ketones (excluding diaryl/α,β-unsaturated/α-hetero) is 1. The summed E-state index contributed by atoms with van der Waals surface area (Å²) in [5.74, 6) is 1.82. The molecule has 2 atom stereocenters. The zero-order valence-corrected chi connectivity index (χ0v) is 19.5. The van der Waals surface area contributed by atoms with Crippen LogP contribution in [0.1, 0.15) is 47.1 Å². The summed E-state index contributed by atoms with van der Waals surface area (Å²) in [6.07, 6.45) is 0.980. The first-order valence-corrected chi connectivity index (χ1v) is 11.0. The quantitative estimate of drug-likeness (QED) is 0.564. The van der Waals surface area contributed by atoms with Gasteiger partial charge in [-0.3, -0.25) is 4.79 Å². The molecule has 176 valence electrons. The smallest absolute Gasteiger partial charge is 0.233 e. The van der Waals surface area contributed by atoms with Gasteiger partial charge in [-0.1, -0.05) is 23.4 Å². The van der Waals surface area contributed by atoms with Crippen molar-refractivity contribution in [1.29, 1.82) is 0 Å². The number of phenolic OH excluding ortho intramolecular Hbond substituents is 1. The van der Waals surface area contributed by atoms with Crippen molar-refractivity contribution >= 4 is 11.7 Å². The molecule has 5 rings (SSSR count). The van der Waals surface area contributed by atoms with E-state index < -0.39 is 5.92 Å². The maximum Gasteiger partial charge on any atom is 0.233 e. The number of methoxy groups -OCH3 is 3. The monoisotopic (exact) mass is 462 g/mol. The van der Waals surface area contributed by atoms with Gasteiger partial charge in [0.1, 0.15) is 5.75 Å². The van der Waals surface area contributed by atoms with E-state index in [0.717, 1.165) is 22.4 Å². The molecule has 0 saturated heterocycles. The summed E-state index contributed by atoms with van der Waals surface area (Å²) in [6, 6.07) is 10.7. The Bertz CT molecular complexity index is 1290. The van der Waals surface area contributed by atoms with E-state index in [9.17, 15) is 9.90 Å². The molecule has 34 heavy (non-hydrogen) atoms. The maximum absolute atomic E-state index is 13.7. The fourth-order valence-corrected chi connectivity index (χ4v) is 5.12. The molecule has 8 heteroatoms.